The fourth-order valence-electron chi connectivity index (χ4n) is 2.14. The molecule has 0 fully saturated rings. The van der Waals surface area contributed by atoms with Crippen LogP contribution in [0.2, 0.25) is 0 Å². The molecule has 0 spiro atoms. The van der Waals surface area contributed by atoms with E-state index in [0.717, 1.165) is 12.5 Å². The number of nitrogens with zero attached hydrogens (tertiary/aromatic N) is 2. The zero-order valence-electron chi connectivity index (χ0n) is 12.4. The minimum atomic E-state index is -1.09. The molecule has 0 aliphatic rings. The van der Waals surface area contributed by atoms with Crippen molar-refractivity contribution in [2.24, 2.45) is 0 Å². The average Bonchev–Trinajstić information content (AvgIpc) is 2.46. The second kappa shape index (κ2) is 7.42. The van der Waals surface area contributed by atoms with Crippen LogP contribution < -0.4 is 4.90 Å². The molecule has 0 radical (unpaired) electrons. The summed E-state index contributed by atoms with van der Waals surface area (Å²) in [6, 6.07) is 4.95. The molecule has 1 N–H and O–H groups in total. The summed E-state index contributed by atoms with van der Waals surface area (Å²) in [7, 11) is 0. The van der Waals surface area contributed by atoms with Crippen LogP contribution in [0.3, 0.4) is 0 Å². The van der Waals surface area contributed by atoms with Gasteiger partial charge >= 0.3 is 5.97 Å². The number of nitro groups is 1. The van der Waals surface area contributed by atoms with Crippen LogP contribution in [0.25, 0.3) is 6.08 Å². The Kier molecular flexibility index (Phi) is 5.90. The van der Waals surface area contributed by atoms with Gasteiger partial charge in [-0.15, -0.1) is 0 Å². The van der Waals surface area contributed by atoms with Crippen molar-refractivity contribution in [2.75, 3.05) is 11.4 Å². The average molecular weight is 292 g/mol. The number of carbonyl (C=O) groups is 1. The molecule has 1 unspecified atom stereocenters. The molecule has 0 saturated carbocycles. The first-order valence-electron chi connectivity index (χ1n) is 6.86. The standard InChI is InChI=1S/C15H20N2O4/c1-4-11(3)16(5-2)13-8-6-12(7-9-15(18)19)10-14(13)17(20)21/h6-11H,4-5H2,1-3H3,(H,18,19)/b9-7+. The van der Waals surface area contributed by atoms with Gasteiger partial charge in [-0.05, 0) is 38.0 Å². The summed E-state index contributed by atoms with van der Waals surface area (Å²) in [5.41, 5.74) is 1.04. The number of benzene rings is 1. The van der Waals surface area contributed by atoms with E-state index in [1.165, 1.54) is 12.1 Å². The zero-order valence-corrected chi connectivity index (χ0v) is 12.4. The number of rotatable bonds is 7. The fraction of sp³-hybridized carbons (Fsp3) is 0.400. The molecule has 0 bridgehead atoms. The fourth-order valence-corrected chi connectivity index (χ4v) is 2.14. The third kappa shape index (κ3) is 4.30. The molecule has 114 valence electrons. The van der Waals surface area contributed by atoms with Crippen molar-refractivity contribution in [1.82, 2.24) is 0 Å². The number of hydrogen-bond donors (Lipinski definition) is 1. The highest BCUT2D eigenvalue weighted by Gasteiger charge is 2.21. The topological polar surface area (TPSA) is 83.7 Å². The van der Waals surface area contributed by atoms with Gasteiger partial charge in [-0.3, -0.25) is 10.1 Å². The van der Waals surface area contributed by atoms with Crippen LogP contribution in [0.4, 0.5) is 11.4 Å². The van der Waals surface area contributed by atoms with Gasteiger partial charge in [-0.2, -0.15) is 0 Å². The molecule has 0 aliphatic carbocycles. The van der Waals surface area contributed by atoms with Crippen molar-refractivity contribution >= 4 is 23.4 Å². The van der Waals surface area contributed by atoms with Crippen molar-refractivity contribution in [3.63, 3.8) is 0 Å². The largest absolute Gasteiger partial charge is 0.478 e. The second-order valence-electron chi connectivity index (χ2n) is 4.72. The predicted molar refractivity (Wildman–Crippen MR) is 82.5 cm³/mol. The van der Waals surface area contributed by atoms with Crippen LogP contribution in [0.5, 0.6) is 0 Å². The monoisotopic (exact) mass is 292 g/mol. The quantitative estimate of drug-likeness (QED) is 0.473. The molecule has 0 aliphatic heterocycles. The number of hydrogen-bond acceptors (Lipinski definition) is 4. The van der Waals surface area contributed by atoms with E-state index in [1.54, 1.807) is 12.1 Å². The van der Waals surface area contributed by atoms with E-state index in [-0.39, 0.29) is 11.7 Å². The smallest absolute Gasteiger partial charge is 0.328 e. The SMILES string of the molecule is CCC(C)N(CC)c1ccc(/C=C/C(=O)O)cc1[N+](=O)[O-]. The Morgan fingerprint density at radius 2 is 2.14 bits per heavy atom. The van der Waals surface area contributed by atoms with Crippen molar-refractivity contribution in [1.29, 1.82) is 0 Å². The molecule has 1 atom stereocenters. The Morgan fingerprint density at radius 1 is 1.48 bits per heavy atom. The molecule has 0 amide bonds. The van der Waals surface area contributed by atoms with E-state index >= 15 is 0 Å². The summed E-state index contributed by atoms with van der Waals surface area (Å²) in [6.45, 7) is 6.67. The Morgan fingerprint density at radius 3 is 2.62 bits per heavy atom. The predicted octanol–water partition coefficient (Wildman–Crippen LogP) is 3.32. The van der Waals surface area contributed by atoms with Gasteiger partial charge in [0.1, 0.15) is 5.69 Å². The highest BCUT2D eigenvalue weighted by molar-refractivity contribution is 5.85. The van der Waals surface area contributed by atoms with Crippen LogP contribution in [-0.2, 0) is 4.79 Å². The van der Waals surface area contributed by atoms with E-state index in [2.05, 4.69) is 0 Å². The molecular weight excluding hydrogens is 272 g/mol. The molecule has 6 nitrogen and oxygen atoms in total. The molecule has 0 saturated heterocycles. The lowest BCUT2D eigenvalue weighted by Gasteiger charge is -2.29. The molecule has 1 aromatic carbocycles. The first-order chi connectivity index (χ1) is 9.90. The van der Waals surface area contributed by atoms with E-state index in [4.69, 9.17) is 5.11 Å². The van der Waals surface area contributed by atoms with Gasteiger partial charge in [0, 0.05) is 24.7 Å². The first kappa shape index (κ1) is 16.7. The van der Waals surface area contributed by atoms with Crippen LogP contribution in [-0.4, -0.2) is 28.6 Å². The summed E-state index contributed by atoms with van der Waals surface area (Å²) >= 11 is 0. The highest BCUT2D eigenvalue weighted by Crippen LogP contribution is 2.31. The van der Waals surface area contributed by atoms with Gasteiger partial charge in [-0.25, -0.2) is 4.79 Å². The van der Waals surface area contributed by atoms with Crippen LogP contribution >= 0.6 is 0 Å². The number of nitro benzene ring substituents is 1. The minimum absolute atomic E-state index is 0.00955. The Labute approximate surface area is 123 Å². The zero-order chi connectivity index (χ0) is 16.0. The number of carboxylic acids is 1. The van der Waals surface area contributed by atoms with Crippen molar-refractivity contribution in [2.45, 2.75) is 33.2 Å². The normalized spacial score (nSPS) is 12.3. The molecule has 0 aromatic heterocycles. The third-order valence-electron chi connectivity index (χ3n) is 3.39. The molecule has 0 heterocycles. The Hall–Kier alpha value is -2.37. The molecule has 1 rings (SSSR count). The van der Waals surface area contributed by atoms with Gasteiger partial charge in [0.2, 0.25) is 0 Å². The lowest BCUT2D eigenvalue weighted by atomic mass is 10.1. The number of carboxylic acid groups (broad SMARTS) is 1. The summed E-state index contributed by atoms with van der Waals surface area (Å²) in [5.74, 6) is -1.09. The highest BCUT2D eigenvalue weighted by atomic mass is 16.6. The second-order valence-corrected chi connectivity index (χ2v) is 4.72. The Balaban J connectivity index is 3.27. The lowest BCUT2D eigenvalue weighted by Crippen LogP contribution is -2.32. The lowest BCUT2D eigenvalue weighted by molar-refractivity contribution is -0.384. The van der Waals surface area contributed by atoms with Crippen LogP contribution in [0.15, 0.2) is 24.3 Å². The van der Waals surface area contributed by atoms with Crippen molar-refractivity contribution < 1.29 is 14.8 Å². The molecule has 1 aromatic rings. The minimum Gasteiger partial charge on any atom is -0.478 e. The van der Waals surface area contributed by atoms with Crippen LogP contribution in [0, 0.1) is 10.1 Å². The van der Waals surface area contributed by atoms with Gasteiger partial charge in [0.05, 0.1) is 4.92 Å². The summed E-state index contributed by atoms with van der Waals surface area (Å²) < 4.78 is 0. The number of aliphatic carboxylic acids is 1. The van der Waals surface area contributed by atoms with Gasteiger partial charge < -0.3 is 10.0 Å². The van der Waals surface area contributed by atoms with Crippen molar-refractivity contribution in [3.8, 4) is 0 Å². The van der Waals surface area contributed by atoms with E-state index in [0.29, 0.717) is 17.8 Å². The summed E-state index contributed by atoms with van der Waals surface area (Å²) in [5, 5.41) is 19.9. The number of anilines is 1. The molecule has 21 heavy (non-hydrogen) atoms. The third-order valence-corrected chi connectivity index (χ3v) is 3.39. The molecule has 6 heteroatoms. The first-order valence-corrected chi connectivity index (χ1v) is 6.86. The Bertz CT molecular complexity index is 555. The maximum Gasteiger partial charge on any atom is 0.328 e. The van der Waals surface area contributed by atoms with Crippen LogP contribution in [0.1, 0.15) is 32.8 Å². The van der Waals surface area contributed by atoms with E-state index in [9.17, 15) is 14.9 Å². The van der Waals surface area contributed by atoms with Gasteiger partial charge in [0.25, 0.3) is 5.69 Å². The van der Waals surface area contributed by atoms with E-state index < -0.39 is 10.9 Å². The summed E-state index contributed by atoms with van der Waals surface area (Å²) in [4.78, 5) is 23.3. The van der Waals surface area contributed by atoms with E-state index in [1.807, 2.05) is 25.7 Å². The summed E-state index contributed by atoms with van der Waals surface area (Å²) in [6.07, 6.45) is 3.19. The van der Waals surface area contributed by atoms with Gasteiger partial charge in [-0.1, -0.05) is 13.0 Å². The maximum absolute atomic E-state index is 11.3. The van der Waals surface area contributed by atoms with Crippen molar-refractivity contribution in [3.05, 3.63) is 40.0 Å². The van der Waals surface area contributed by atoms with Gasteiger partial charge in [0.15, 0.2) is 0 Å². The molecular formula is C15H20N2O4. The maximum atomic E-state index is 11.3.